The van der Waals surface area contributed by atoms with Gasteiger partial charge in [0.2, 0.25) is 0 Å². The number of aliphatic hydroxyl groups excluding tert-OH is 4. The number of aliphatic hydroxyl groups is 4. The van der Waals surface area contributed by atoms with Crippen LogP contribution < -0.4 is 0 Å². The highest BCUT2D eigenvalue weighted by atomic mass is 32.3. The van der Waals surface area contributed by atoms with Gasteiger partial charge in [0.25, 0.3) is 0 Å². The number of benzene rings is 2. The Morgan fingerprint density at radius 1 is 0.829 bits per heavy atom. The lowest BCUT2D eigenvalue weighted by Crippen LogP contribution is -2.66. The van der Waals surface area contributed by atoms with Crippen LogP contribution in [0.25, 0.3) is 0 Å². The summed E-state index contributed by atoms with van der Waals surface area (Å²) >= 11 is 0. The van der Waals surface area contributed by atoms with Crippen LogP contribution >= 0.6 is 0 Å². The van der Waals surface area contributed by atoms with E-state index < -0.39 is 84.7 Å². The Bertz CT molecular complexity index is 1220. The molecule has 41 heavy (non-hydrogen) atoms. The molecule has 11 atom stereocenters. The molecule has 3 saturated heterocycles. The third-order valence-electron chi connectivity index (χ3n) is 6.98. The molecule has 0 aliphatic carbocycles. The van der Waals surface area contributed by atoms with Crippen LogP contribution in [0.5, 0.6) is 0 Å². The molecule has 5 rings (SSSR count). The van der Waals surface area contributed by atoms with Gasteiger partial charge in [-0.3, -0.25) is 4.55 Å². The van der Waals surface area contributed by atoms with Crippen molar-refractivity contribution < 1.29 is 66.0 Å². The predicted molar refractivity (Wildman–Crippen MR) is 135 cm³/mol. The van der Waals surface area contributed by atoms with Crippen LogP contribution in [0.1, 0.15) is 17.4 Å². The summed E-state index contributed by atoms with van der Waals surface area (Å²) in [6.45, 7) is -0.769. The van der Waals surface area contributed by atoms with Crippen LogP contribution in [0.15, 0.2) is 60.7 Å². The summed E-state index contributed by atoms with van der Waals surface area (Å²) < 4.78 is 71.9. The molecule has 3 aliphatic heterocycles. The van der Waals surface area contributed by atoms with E-state index >= 15 is 0 Å². The van der Waals surface area contributed by atoms with Gasteiger partial charge in [-0.2, -0.15) is 8.42 Å². The Labute approximate surface area is 235 Å². The molecule has 14 nitrogen and oxygen atoms in total. The molecule has 0 radical (unpaired) electrons. The Kier molecular flexibility index (Phi) is 9.67. The molecular formula is C26H32O14S. The zero-order valence-electron chi connectivity index (χ0n) is 21.6. The molecular weight excluding hydrogens is 568 g/mol. The maximum absolute atomic E-state index is 11.7. The van der Waals surface area contributed by atoms with E-state index in [1.54, 1.807) is 54.6 Å². The normalized spacial score (nSPS) is 37.8. The van der Waals surface area contributed by atoms with Crippen molar-refractivity contribution in [3.63, 3.8) is 0 Å². The Morgan fingerprint density at radius 2 is 1.51 bits per heavy atom. The first-order valence-corrected chi connectivity index (χ1v) is 14.3. The summed E-state index contributed by atoms with van der Waals surface area (Å²) in [6.07, 6.45) is -15.9. The fraction of sp³-hybridized carbons (Fsp3) is 0.538. The van der Waals surface area contributed by atoms with Gasteiger partial charge < -0.3 is 48.8 Å². The van der Waals surface area contributed by atoms with Gasteiger partial charge in [-0.25, -0.2) is 4.18 Å². The maximum Gasteiger partial charge on any atom is 0.397 e. The van der Waals surface area contributed by atoms with E-state index in [1.807, 2.05) is 6.07 Å². The zero-order valence-corrected chi connectivity index (χ0v) is 22.4. The first-order valence-electron chi connectivity index (χ1n) is 12.9. The molecule has 3 heterocycles. The zero-order chi connectivity index (χ0) is 29.1. The van der Waals surface area contributed by atoms with Gasteiger partial charge in [0, 0.05) is 5.56 Å². The first kappa shape index (κ1) is 30.4. The molecule has 3 fully saturated rings. The smallest absolute Gasteiger partial charge is 0.394 e. The van der Waals surface area contributed by atoms with Crippen molar-refractivity contribution in [1.82, 2.24) is 0 Å². The van der Waals surface area contributed by atoms with Crippen LogP contribution in [0.3, 0.4) is 0 Å². The second-order valence-corrected chi connectivity index (χ2v) is 10.9. The summed E-state index contributed by atoms with van der Waals surface area (Å²) in [5, 5.41) is 42.7. The number of ether oxygens (including phenoxy) is 6. The molecule has 0 spiro atoms. The molecule has 0 bridgehead atoms. The fourth-order valence-corrected chi connectivity index (χ4v) is 5.45. The Morgan fingerprint density at radius 3 is 2.17 bits per heavy atom. The fourth-order valence-electron chi connectivity index (χ4n) is 4.96. The van der Waals surface area contributed by atoms with Crippen molar-refractivity contribution in [2.45, 2.75) is 74.3 Å². The van der Waals surface area contributed by atoms with E-state index in [9.17, 15) is 33.4 Å². The lowest BCUT2D eigenvalue weighted by atomic mass is 9.96. The molecule has 1 unspecified atom stereocenters. The second kappa shape index (κ2) is 13.0. The summed E-state index contributed by atoms with van der Waals surface area (Å²) in [4.78, 5) is 0. The molecule has 0 saturated carbocycles. The van der Waals surface area contributed by atoms with Crippen LogP contribution in [-0.2, 0) is 49.6 Å². The average Bonchev–Trinajstić information content (AvgIpc) is 2.97. The highest BCUT2D eigenvalue weighted by Gasteiger charge is 2.55. The van der Waals surface area contributed by atoms with E-state index in [-0.39, 0.29) is 13.2 Å². The Balaban J connectivity index is 1.30. The van der Waals surface area contributed by atoms with Crippen molar-refractivity contribution in [2.75, 3.05) is 13.2 Å². The maximum atomic E-state index is 11.7. The van der Waals surface area contributed by atoms with Crippen LogP contribution in [0, 0.1) is 0 Å². The van der Waals surface area contributed by atoms with Crippen molar-refractivity contribution in [1.29, 1.82) is 0 Å². The minimum absolute atomic E-state index is 0.0359. The second-order valence-electron chi connectivity index (χ2n) is 9.80. The van der Waals surface area contributed by atoms with Crippen molar-refractivity contribution in [3.05, 3.63) is 71.8 Å². The third kappa shape index (κ3) is 7.11. The average molecular weight is 601 g/mol. The number of hydrogen-bond acceptors (Lipinski definition) is 13. The van der Waals surface area contributed by atoms with Gasteiger partial charge >= 0.3 is 10.4 Å². The highest BCUT2D eigenvalue weighted by Crippen LogP contribution is 2.37. The topological polar surface area (TPSA) is 200 Å². The standard InChI is InChI=1S/C26H32O14S/c27-11-16-21(18(28)19(29)25(36-16)34-12-14-7-3-1-4-8-14)39-26-23(40-41(31,32)33)20(30)22-17(37-26)13-35-24(38-22)15-9-5-2-6-10-15/h1-10,16-30H,11-13H2,(H,31,32,33)/t16-,17-,18-,19-,20+,21-,22-,23-,24?,25-,26-/m1/s1. The van der Waals surface area contributed by atoms with Gasteiger partial charge in [-0.1, -0.05) is 60.7 Å². The lowest BCUT2D eigenvalue weighted by Gasteiger charge is -2.49. The Hall–Kier alpha value is -2.09. The lowest BCUT2D eigenvalue weighted by molar-refractivity contribution is -0.383. The van der Waals surface area contributed by atoms with E-state index in [4.69, 9.17) is 32.6 Å². The minimum Gasteiger partial charge on any atom is -0.394 e. The molecule has 5 N–H and O–H groups in total. The minimum atomic E-state index is -5.14. The highest BCUT2D eigenvalue weighted by molar-refractivity contribution is 7.80. The molecule has 15 heteroatoms. The van der Waals surface area contributed by atoms with Gasteiger partial charge in [0.05, 0.1) is 19.8 Å². The molecule has 226 valence electrons. The molecule has 3 aliphatic rings. The molecule has 0 amide bonds. The van der Waals surface area contributed by atoms with E-state index in [2.05, 4.69) is 0 Å². The van der Waals surface area contributed by atoms with E-state index in [1.165, 1.54) is 0 Å². The number of fused-ring (bicyclic) bond motifs is 1. The first-order chi connectivity index (χ1) is 19.6. The van der Waals surface area contributed by atoms with E-state index in [0.717, 1.165) is 5.56 Å². The van der Waals surface area contributed by atoms with Crippen LogP contribution in [0.4, 0.5) is 0 Å². The SMILES string of the molecule is O=S(=O)(O)O[C@H]1[C@@H](O[C@H]2[C@H](O)[C@@H](O)[C@H](OCc3ccccc3)O[C@@H]2CO)O[C@@H]2COC(c3ccccc3)O[C@H]2[C@@H]1O. The molecule has 0 aromatic heterocycles. The summed E-state index contributed by atoms with van der Waals surface area (Å²) in [5.74, 6) is 0. The quantitative estimate of drug-likeness (QED) is 0.229. The van der Waals surface area contributed by atoms with Crippen LogP contribution in [-0.4, -0.2) is 108 Å². The molecule has 2 aromatic carbocycles. The third-order valence-corrected chi connectivity index (χ3v) is 7.45. The predicted octanol–water partition coefficient (Wildman–Crippen LogP) is -0.585. The summed E-state index contributed by atoms with van der Waals surface area (Å²) in [6, 6.07) is 17.8. The van der Waals surface area contributed by atoms with Gasteiger partial charge in [-0.15, -0.1) is 0 Å². The van der Waals surface area contributed by atoms with E-state index in [0.29, 0.717) is 5.56 Å². The summed E-state index contributed by atoms with van der Waals surface area (Å²) in [7, 11) is -5.14. The number of hydrogen-bond donors (Lipinski definition) is 5. The van der Waals surface area contributed by atoms with Gasteiger partial charge in [0.15, 0.2) is 25.0 Å². The van der Waals surface area contributed by atoms with Crippen molar-refractivity contribution in [2.24, 2.45) is 0 Å². The van der Waals surface area contributed by atoms with Crippen molar-refractivity contribution in [3.8, 4) is 0 Å². The monoisotopic (exact) mass is 600 g/mol. The number of rotatable bonds is 9. The van der Waals surface area contributed by atoms with Gasteiger partial charge in [-0.05, 0) is 5.56 Å². The molecule has 2 aromatic rings. The summed E-state index contributed by atoms with van der Waals surface area (Å²) in [5.41, 5.74) is 1.41. The van der Waals surface area contributed by atoms with Crippen molar-refractivity contribution >= 4 is 10.4 Å². The van der Waals surface area contributed by atoms with Gasteiger partial charge in [0.1, 0.15) is 42.7 Å². The largest absolute Gasteiger partial charge is 0.397 e. The van der Waals surface area contributed by atoms with Crippen LogP contribution in [0.2, 0.25) is 0 Å².